The summed E-state index contributed by atoms with van der Waals surface area (Å²) in [5, 5.41) is 8.99. The molecule has 0 aromatic heterocycles. The van der Waals surface area contributed by atoms with Crippen LogP contribution in [0.25, 0.3) is 0 Å². The summed E-state index contributed by atoms with van der Waals surface area (Å²) in [7, 11) is 1.62. The lowest BCUT2D eigenvalue weighted by Gasteiger charge is -2.28. The van der Waals surface area contributed by atoms with Gasteiger partial charge in [0, 0.05) is 13.0 Å². The highest BCUT2D eigenvalue weighted by Gasteiger charge is 2.21. The number of esters is 1. The number of hydrogen-bond donors (Lipinski definition) is 1. The average molecular weight is 447 g/mol. The first-order chi connectivity index (χ1) is 15.6. The minimum atomic E-state index is -0.579. The molecular weight excluding hydrogens is 404 g/mol. The van der Waals surface area contributed by atoms with Crippen LogP contribution in [-0.2, 0) is 14.3 Å². The Morgan fingerprint density at radius 3 is 2.38 bits per heavy atom. The monoisotopic (exact) mass is 446 g/mol. The Hall–Kier alpha value is -1.85. The number of benzene rings is 1. The number of aliphatic hydroxyl groups is 1. The van der Waals surface area contributed by atoms with E-state index in [1.165, 1.54) is 57.8 Å². The van der Waals surface area contributed by atoms with E-state index in [2.05, 4.69) is 13.5 Å². The molecule has 180 valence electrons. The largest absolute Gasteiger partial charge is 0.493 e. The van der Waals surface area contributed by atoms with Gasteiger partial charge in [0.1, 0.15) is 12.4 Å². The molecule has 0 radical (unpaired) electrons. The second kappa shape index (κ2) is 15.1. The number of hydrogen-bond acceptors (Lipinski definition) is 5. The lowest BCUT2D eigenvalue weighted by Crippen LogP contribution is -2.20. The maximum absolute atomic E-state index is 11.8. The van der Waals surface area contributed by atoms with E-state index in [-0.39, 0.29) is 18.1 Å². The van der Waals surface area contributed by atoms with Gasteiger partial charge < -0.3 is 19.3 Å². The molecule has 1 atom stereocenters. The summed E-state index contributed by atoms with van der Waals surface area (Å²) in [6, 6.07) is 7.96. The normalized spacial score (nSPS) is 19.3. The summed E-state index contributed by atoms with van der Waals surface area (Å²) in [6.07, 6.45) is 12.1. The van der Waals surface area contributed by atoms with Crippen LogP contribution < -0.4 is 4.74 Å². The molecule has 0 amide bonds. The Labute approximate surface area is 194 Å². The maximum atomic E-state index is 11.8. The van der Waals surface area contributed by atoms with Gasteiger partial charge in [0.2, 0.25) is 0 Å². The highest BCUT2D eigenvalue weighted by atomic mass is 16.5. The van der Waals surface area contributed by atoms with Crippen LogP contribution in [0.5, 0.6) is 5.75 Å². The van der Waals surface area contributed by atoms with Crippen LogP contribution in [0.2, 0.25) is 0 Å². The molecule has 0 spiro atoms. The molecule has 1 aromatic rings. The zero-order valence-corrected chi connectivity index (χ0v) is 20.0. The zero-order chi connectivity index (χ0) is 23.2. The Bertz CT molecular complexity index is 661. The zero-order valence-electron chi connectivity index (χ0n) is 20.0. The van der Waals surface area contributed by atoms with Crippen molar-refractivity contribution in [1.29, 1.82) is 0 Å². The second-order valence-electron chi connectivity index (χ2n) is 9.13. The molecule has 1 N–H and O–H groups in total. The quantitative estimate of drug-likeness (QED) is 0.214. The van der Waals surface area contributed by atoms with Crippen molar-refractivity contribution in [3.05, 3.63) is 42.0 Å². The van der Waals surface area contributed by atoms with Crippen molar-refractivity contribution >= 4 is 5.97 Å². The van der Waals surface area contributed by atoms with Gasteiger partial charge in [-0.05, 0) is 42.4 Å². The van der Waals surface area contributed by atoms with E-state index in [0.29, 0.717) is 12.5 Å². The maximum Gasteiger partial charge on any atom is 0.335 e. The molecule has 1 saturated carbocycles. The van der Waals surface area contributed by atoms with Crippen LogP contribution in [0.15, 0.2) is 36.4 Å². The van der Waals surface area contributed by atoms with Gasteiger partial charge in [0.15, 0.2) is 0 Å². The molecule has 0 heterocycles. The predicted octanol–water partition coefficient (Wildman–Crippen LogP) is 5.66. The standard InChI is InChI=1S/C27H42O5/c1-4-5-6-7-8-22-9-11-23(12-10-22)18-31-26-15-13-24(14-16-26)25(19-30-3)20-32-27(29)21(2)17-28/h13-16,22-23,25,28H,2,4-12,17-20H2,1,3H3/t22-,23+,25?. The summed E-state index contributed by atoms with van der Waals surface area (Å²) in [5.74, 6) is 1.78. The SMILES string of the molecule is C=C(CO)C(=O)OCC(COC)c1ccc(OC[C@H]2CC[C@@H](CCCCCC)CC2)cc1. The Kier molecular flexibility index (Phi) is 12.4. The van der Waals surface area contributed by atoms with Crippen LogP contribution in [0, 0.1) is 11.8 Å². The van der Waals surface area contributed by atoms with Crippen LogP contribution in [-0.4, -0.2) is 44.6 Å². The minimum Gasteiger partial charge on any atom is -0.493 e. The van der Waals surface area contributed by atoms with E-state index in [0.717, 1.165) is 23.8 Å². The highest BCUT2D eigenvalue weighted by molar-refractivity contribution is 5.87. The molecular formula is C27H42O5. The van der Waals surface area contributed by atoms with Crippen molar-refractivity contribution in [2.24, 2.45) is 11.8 Å². The molecule has 0 aliphatic heterocycles. The lowest BCUT2D eigenvalue weighted by molar-refractivity contribution is -0.140. The van der Waals surface area contributed by atoms with Crippen molar-refractivity contribution in [2.45, 2.75) is 70.6 Å². The van der Waals surface area contributed by atoms with E-state index in [1.807, 2.05) is 24.3 Å². The first kappa shape index (κ1) is 26.4. The number of rotatable bonds is 15. The fourth-order valence-electron chi connectivity index (χ4n) is 4.38. The number of aliphatic hydroxyl groups excluding tert-OH is 1. The van der Waals surface area contributed by atoms with E-state index < -0.39 is 12.6 Å². The third-order valence-electron chi connectivity index (χ3n) is 6.53. The van der Waals surface area contributed by atoms with Gasteiger partial charge >= 0.3 is 5.97 Å². The van der Waals surface area contributed by atoms with Crippen LogP contribution in [0.4, 0.5) is 0 Å². The van der Waals surface area contributed by atoms with Crippen LogP contribution in [0.3, 0.4) is 0 Å². The molecule has 5 heteroatoms. The van der Waals surface area contributed by atoms with Crippen molar-refractivity contribution in [3.63, 3.8) is 0 Å². The van der Waals surface area contributed by atoms with Gasteiger partial charge in [-0.25, -0.2) is 4.79 Å². The fourth-order valence-corrected chi connectivity index (χ4v) is 4.38. The Morgan fingerprint density at radius 1 is 1.06 bits per heavy atom. The summed E-state index contributed by atoms with van der Waals surface area (Å²) in [6.45, 7) is 6.75. The van der Waals surface area contributed by atoms with E-state index >= 15 is 0 Å². The second-order valence-corrected chi connectivity index (χ2v) is 9.13. The molecule has 1 aliphatic rings. The van der Waals surface area contributed by atoms with Gasteiger partial charge in [0.25, 0.3) is 0 Å². The number of methoxy groups -OCH3 is 1. The first-order valence-corrected chi connectivity index (χ1v) is 12.2. The summed E-state index contributed by atoms with van der Waals surface area (Å²) < 4.78 is 16.6. The molecule has 5 nitrogen and oxygen atoms in total. The van der Waals surface area contributed by atoms with Gasteiger partial charge in [0.05, 0.1) is 25.4 Å². The van der Waals surface area contributed by atoms with E-state index in [1.54, 1.807) is 7.11 Å². The number of ether oxygens (including phenoxy) is 3. The topological polar surface area (TPSA) is 65.0 Å². The van der Waals surface area contributed by atoms with Gasteiger partial charge in [-0.1, -0.05) is 70.6 Å². The molecule has 2 rings (SSSR count). The third-order valence-corrected chi connectivity index (χ3v) is 6.53. The molecule has 1 aromatic carbocycles. The summed E-state index contributed by atoms with van der Waals surface area (Å²) in [4.78, 5) is 11.8. The molecule has 0 saturated heterocycles. The third kappa shape index (κ3) is 9.33. The van der Waals surface area contributed by atoms with Crippen molar-refractivity contribution in [1.82, 2.24) is 0 Å². The smallest absolute Gasteiger partial charge is 0.335 e. The first-order valence-electron chi connectivity index (χ1n) is 12.2. The number of unbranched alkanes of at least 4 members (excludes halogenated alkanes) is 3. The molecule has 1 aliphatic carbocycles. The van der Waals surface area contributed by atoms with Gasteiger partial charge in [-0.2, -0.15) is 0 Å². The van der Waals surface area contributed by atoms with Gasteiger partial charge in [-0.3, -0.25) is 0 Å². The van der Waals surface area contributed by atoms with E-state index in [9.17, 15) is 4.79 Å². The number of carbonyl (C=O) groups is 1. The Balaban J connectivity index is 1.74. The minimum absolute atomic E-state index is 0.0513. The molecule has 0 bridgehead atoms. The van der Waals surface area contributed by atoms with Gasteiger partial charge in [-0.15, -0.1) is 0 Å². The van der Waals surface area contributed by atoms with Crippen LogP contribution in [0.1, 0.15) is 76.2 Å². The predicted molar refractivity (Wildman–Crippen MR) is 128 cm³/mol. The molecule has 1 unspecified atom stereocenters. The summed E-state index contributed by atoms with van der Waals surface area (Å²) in [5.41, 5.74) is 1.07. The highest BCUT2D eigenvalue weighted by Crippen LogP contribution is 2.32. The van der Waals surface area contributed by atoms with E-state index in [4.69, 9.17) is 19.3 Å². The van der Waals surface area contributed by atoms with Crippen molar-refractivity contribution < 1.29 is 24.1 Å². The molecule has 32 heavy (non-hydrogen) atoms. The van der Waals surface area contributed by atoms with Crippen molar-refractivity contribution in [2.75, 3.05) is 33.5 Å². The summed E-state index contributed by atoms with van der Waals surface area (Å²) >= 11 is 0. The molecule has 1 fully saturated rings. The fraction of sp³-hybridized carbons (Fsp3) is 0.667. The average Bonchev–Trinajstić information content (AvgIpc) is 2.83. The van der Waals surface area contributed by atoms with Crippen LogP contribution >= 0.6 is 0 Å². The van der Waals surface area contributed by atoms with Crippen molar-refractivity contribution in [3.8, 4) is 5.75 Å². The Morgan fingerprint density at radius 2 is 1.75 bits per heavy atom. The number of carbonyl (C=O) groups excluding carboxylic acids is 1. The lowest BCUT2D eigenvalue weighted by atomic mass is 9.80.